The number of ether oxygens (including phenoxy) is 1. The number of amides is 2. The van der Waals surface area contributed by atoms with E-state index in [0.717, 1.165) is 15.4 Å². The minimum Gasteiger partial charge on any atom is -0.356 e. The van der Waals surface area contributed by atoms with Crippen molar-refractivity contribution in [1.29, 1.82) is 0 Å². The maximum absolute atomic E-state index is 13.1. The van der Waals surface area contributed by atoms with E-state index < -0.39 is 12.1 Å². The van der Waals surface area contributed by atoms with Gasteiger partial charge in [-0.2, -0.15) is 5.10 Å². The maximum Gasteiger partial charge on any atom is 0.254 e. The van der Waals surface area contributed by atoms with E-state index in [1.165, 1.54) is 0 Å². The fourth-order valence-corrected chi connectivity index (χ4v) is 4.06. The lowest BCUT2D eigenvalue weighted by Crippen LogP contribution is -2.54. The van der Waals surface area contributed by atoms with Crippen LogP contribution in [0.5, 0.6) is 0 Å². The van der Waals surface area contributed by atoms with Crippen LogP contribution in [0.4, 0.5) is 0 Å². The molecule has 0 bridgehead atoms. The lowest BCUT2D eigenvalue weighted by molar-refractivity contribution is -0.168. The van der Waals surface area contributed by atoms with E-state index in [4.69, 9.17) is 4.74 Å². The summed E-state index contributed by atoms with van der Waals surface area (Å²) in [4.78, 5) is 34.3. The predicted octanol–water partition coefficient (Wildman–Crippen LogP) is 1.17. The number of carbonyl (C=O) groups is 2. The molecule has 0 aliphatic carbocycles. The first-order chi connectivity index (χ1) is 12.9. The van der Waals surface area contributed by atoms with Gasteiger partial charge in [-0.3, -0.25) is 14.3 Å². The quantitative estimate of drug-likeness (QED) is 0.739. The van der Waals surface area contributed by atoms with Crippen LogP contribution < -0.4 is 0 Å². The minimum absolute atomic E-state index is 0.0828. The largest absolute Gasteiger partial charge is 0.356 e. The van der Waals surface area contributed by atoms with Gasteiger partial charge in [-0.25, -0.2) is 4.98 Å². The van der Waals surface area contributed by atoms with Gasteiger partial charge in [0.1, 0.15) is 6.61 Å². The van der Waals surface area contributed by atoms with E-state index >= 15 is 0 Å². The molecular formula is C18H25N5O3S. The molecule has 1 saturated heterocycles. The molecule has 0 aromatic carbocycles. The lowest BCUT2D eigenvalue weighted by atomic mass is 9.99. The summed E-state index contributed by atoms with van der Waals surface area (Å²) in [5.74, 6) is -0.251. The fourth-order valence-electron chi connectivity index (χ4n) is 3.29. The molecule has 0 unspecified atom stereocenters. The van der Waals surface area contributed by atoms with Crippen molar-refractivity contribution in [3.05, 3.63) is 34.0 Å². The zero-order valence-electron chi connectivity index (χ0n) is 16.1. The summed E-state index contributed by atoms with van der Waals surface area (Å²) in [6, 6.07) is -0.470. The highest BCUT2D eigenvalue weighted by molar-refractivity contribution is 7.11. The van der Waals surface area contributed by atoms with Gasteiger partial charge in [0.15, 0.2) is 6.10 Å². The van der Waals surface area contributed by atoms with E-state index in [1.54, 1.807) is 39.1 Å². The van der Waals surface area contributed by atoms with E-state index in [-0.39, 0.29) is 18.4 Å². The normalized spacial score (nSPS) is 20.1. The third-order valence-corrected chi connectivity index (χ3v) is 5.66. The highest BCUT2D eigenvalue weighted by Gasteiger charge is 2.42. The van der Waals surface area contributed by atoms with Gasteiger partial charge in [0.25, 0.3) is 5.91 Å². The molecule has 8 nitrogen and oxygen atoms in total. The summed E-state index contributed by atoms with van der Waals surface area (Å²) < 4.78 is 7.37. The number of aromatic nitrogens is 3. The number of hydrogen-bond donors (Lipinski definition) is 0. The first kappa shape index (κ1) is 19.5. The molecular weight excluding hydrogens is 366 g/mol. The Morgan fingerprint density at radius 1 is 1.44 bits per heavy atom. The number of hydrogen-bond acceptors (Lipinski definition) is 6. The number of morpholine rings is 1. The monoisotopic (exact) mass is 391 g/mol. The maximum atomic E-state index is 13.1. The molecule has 0 N–H and O–H groups in total. The average molecular weight is 391 g/mol. The first-order valence-corrected chi connectivity index (χ1v) is 9.78. The number of thiazole rings is 1. The van der Waals surface area contributed by atoms with E-state index in [9.17, 15) is 9.59 Å². The van der Waals surface area contributed by atoms with E-state index in [0.29, 0.717) is 19.5 Å². The van der Waals surface area contributed by atoms with Gasteiger partial charge in [-0.1, -0.05) is 0 Å². The molecule has 1 aliphatic rings. The second-order valence-electron chi connectivity index (χ2n) is 6.68. The summed E-state index contributed by atoms with van der Waals surface area (Å²) in [6.45, 7) is 4.89. The van der Waals surface area contributed by atoms with Crippen LogP contribution >= 0.6 is 11.3 Å². The van der Waals surface area contributed by atoms with Crippen LogP contribution in [0.25, 0.3) is 0 Å². The van der Waals surface area contributed by atoms with Gasteiger partial charge in [0.2, 0.25) is 5.91 Å². The molecule has 2 aromatic rings. The Bertz CT molecular complexity index is 818. The Hall–Kier alpha value is -2.26. The Morgan fingerprint density at radius 3 is 2.81 bits per heavy atom. The van der Waals surface area contributed by atoms with Gasteiger partial charge in [0.05, 0.1) is 17.2 Å². The Kier molecular flexibility index (Phi) is 5.91. The van der Waals surface area contributed by atoms with Gasteiger partial charge in [-0.05, 0) is 13.8 Å². The van der Waals surface area contributed by atoms with Gasteiger partial charge >= 0.3 is 0 Å². The molecule has 0 spiro atoms. The van der Waals surface area contributed by atoms with Crippen molar-refractivity contribution in [2.75, 3.05) is 26.7 Å². The molecule has 0 saturated carbocycles. The molecule has 1 fully saturated rings. The Labute approximate surface area is 162 Å². The summed E-state index contributed by atoms with van der Waals surface area (Å²) in [5, 5.41) is 5.20. The SMILES string of the molecule is CCN1C(=O)CO[C@H](C(=O)N(C)CCc2ncc(C)s2)[C@H]1c1cnn(C)c1. The van der Waals surface area contributed by atoms with Crippen molar-refractivity contribution in [2.24, 2.45) is 7.05 Å². The molecule has 0 radical (unpaired) electrons. The van der Waals surface area contributed by atoms with Crippen molar-refractivity contribution in [3.63, 3.8) is 0 Å². The van der Waals surface area contributed by atoms with Crippen molar-refractivity contribution in [3.8, 4) is 0 Å². The molecule has 3 heterocycles. The summed E-state index contributed by atoms with van der Waals surface area (Å²) >= 11 is 1.64. The predicted molar refractivity (Wildman–Crippen MR) is 101 cm³/mol. The molecule has 2 aromatic heterocycles. The molecule has 3 rings (SSSR count). The molecule has 27 heavy (non-hydrogen) atoms. The first-order valence-electron chi connectivity index (χ1n) is 8.96. The summed E-state index contributed by atoms with van der Waals surface area (Å²) in [6.07, 6.45) is 5.31. The Balaban J connectivity index is 1.76. The van der Waals surface area contributed by atoms with Crippen LogP contribution in [0.3, 0.4) is 0 Å². The number of likely N-dealkylation sites (N-methyl/N-ethyl adjacent to an activating group) is 2. The second-order valence-corrected chi connectivity index (χ2v) is 8.00. The van der Waals surface area contributed by atoms with Crippen LogP contribution in [0.1, 0.15) is 28.4 Å². The highest BCUT2D eigenvalue weighted by atomic mass is 32.1. The van der Waals surface area contributed by atoms with Crippen molar-refractivity contribution in [1.82, 2.24) is 24.6 Å². The van der Waals surface area contributed by atoms with Crippen molar-refractivity contribution < 1.29 is 14.3 Å². The molecule has 9 heteroatoms. The van der Waals surface area contributed by atoms with E-state index in [2.05, 4.69) is 10.1 Å². The van der Waals surface area contributed by atoms with Crippen LogP contribution in [0.2, 0.25) is 0 Å². The van der Waals surface area contributed by atoms with Gasteiger partial charge in [0, 0.05) is 56.4 Å². The third-order valence-electron chi connectivity index (χ3n) is 4.69. The highest BCUT2D eigenvalue weighted by Crippen LogP contribution is 2.31. The molecule has 2 atom stereocenters. The number of rotatable bonds is 6. The number of aryl methyl sites for hydroxylation is 2. The molecule has 146 valence electrons. The van der Waals surface area contributed by atoms with Gasteiger partial charge in [-0.15, -0.1) is 11.3 Å². The fraction of sp³-hybridized carbons (Fsp3) is 0.556. The average Bonchev–Trinajstić information content (AvgIpc) is 3.26. The van der Waals surface area contributed by atoms with Crippen molar-refractivity contribution in [2.45, 2.75) is 32.4 Å². The summed E-state index contributed by atoms with van der Waals surface area (Å²) in [5.41, 5.74) is 0.801. The minimum atomic E-state index is -0.741. The van der Waals surface area contributed by atoms with E-state index in [1.807, 2.05) is 33.3 Å². The van der Waals surface area contributed by atoms with Gasteiger partial charge < -0.3 is 14.5 Å². The van der Waals surface area contributed by atoms with Crippen molar-refractivity contribution >= 4 is 23.2 Å². The zero-order valence-corrected chi connectivity index (χ0v) is 16.9. The van der Waals surface area contributed by atoms with Crippen LogP contribution in [-0.2, 0) is 27.8 Å². The molecule has 1 aliphatic heterocycles. The zero-order chi connectivity index (χ0) is 19.6. The second kappa shape index (κ2) is 8.18. The van der Waals surface area contributed by atoms with Crippen LogP contribution in [-0.4, -0.2) is 69.2 Å². The standard InChI is InChI=1S/C18H25N5O3S/c1-5-23-15(24)11-26-17(16(23)13-9-20-22(4)10-13)18(25)21(3)7-6-14-19-8-12(2)27-14/h8-10,16-17H,5-7,11H2,1-4H3/t16-,17+/m1/s1. The topological polar surface area (TPSA) is 80.6 Å². The Morgan fingerprint density at radius 2 is 2.22 bits per heavy atom. The molecule has 2 amide bonds. The van der Waals surface area contributed by atoms with Crippen LogP contribution in [0, 0.1) is 6.92 Å². The number of nitrogens with zero attached hydrogens (tertiary/aromatic N) is 5. The lowest BCUT2D eigenvalue weighted by Gasteiger charge is -2.40. The number of carbonyl (C=O) groups excluding carboxylic acids is 2. The van der Waals surface area contributed by atoms with Crippen LogP contribution in [0.15, 0.2) is 18.6 Å². The smallest absolute Gasteiger partial charge is 0.254 e. The third kappa shape index (κ3) is 4.19. The summed E-state index contributed by atoms with van der Waals surface area (Å²) in [7, 11) is 3.57.